The van der Waals surface area contributed by atoms with Gasteiger partial charge in [0.1, 0.15) is 11.6 Å². The zero-order valence-corrected chi connectivity index (χ0v) is 12.1. The number of carboxylic acid groups (broad SMARTS) is 1. The lowest BCUT2D eigenvalue weighted by Gasteiger charge is -2.17. The number of hydrogen-bond donors (Lipinski definition) is 2. The van der Waals surface area contributed by atoms with Crippen LogP contribution in [0.25, 0.3) is 0 Å². The molecule has 1 unspecified atom stereocenters. The molecule has 1 amide bonds. The molecule has 2 N–H and O–H groups in total. The van der Waals surface area contributed by atoms with Crippen molar-refractivity contribution in [3.8, 4) is 0 Å². The van der Waals surface area contributed by atoms with Crippen LogP contribution in [0.1, 0.15) is 36.2 Å². The molecular weight excluding hydrogens is 276 g/mol. The van der Waals surface area contributed by atoms with Gasteiger partial charge in [0.15, 0.2) is 0 Å². The molecule has 0 saturated heterocycles. The number of aliphatic carboxylic acids is 1. The van der Waals surface area contributed by atoms with Crippen LogP contribution in [0, 0.1) is 23.0 Å². The van der Waals surface area contributed by atoms with Gasteiger partial charge >= 0.3 is 5.97 Å². The largest absolute Gasteiger partial charge is 0.480 e. The zero-order valence-electron chi connectivity index (χ0n) is 12.1. The first-order valence-electron chi connectivity index (χ1n) is 6.51. The minimum Gasteiger partial charge on any atom is -0.480 e. The van der Waals surface area contributed by atoms with E-state index in [1.54, 1.807) is 13.0 Å². The van der Waals surface area contributed by atoms with E-state index in [1.165, 1.54) is 12.1 Å². The van der Waals surface area contributed by atoms with Crippen LogP contribution in [0.15, 0.2) is 18.2 Å². The zero-order chi connectivity index (χ0) is 16.2. The molecule has 0 aromatic heterocycles. The van der Waals surface area contributed by atoms with Gasteiger partial charge in [0.25, 0.3) is 11.6 Å². The summed E-state index contributed by atoms with van der Waals surface area (Å²) in [6.45, 7) is 5.23. The van der Waals surface area contributed by atoms with Crippen LogP contribution in [0.4, 0.5) is 5.69 Å². The Bertz CT molecular complexity index is 568. The Hall–Kier alpha value is -2.44. The van der Waals surface area contributed by atoms with E-state index in [0.717, 1.165) is 0 Å². The minimum atomic E-state index is -1.16. The summed E-state index contributed by atoms with van der Waals surface area (Å²) in [5.74, 6) is -1.83. The number of carbonyl (C=O) groups excluding carboxylic acids is 1. The van der Waals surface area contributed by atoms with Crippen LogP contribution in [0.3, 0.4) is 0 Å². The highest BCUT2D eigenvalue weighted by molar-refractivity contribution is 6.01. The second-order valence-corrected chi connectivity index (χ2v) is 5.22. The first kappa shape index (κ1) is 16.6. The SMILES string of the molecule is Cc1cccc([N+](=O)[O-])c1C(=O)NC(CC(C)C)C(=O)O. The van der Waals surface area contributed by atoms with Gasteiger partial charge < -0.3 is 10.4 Å². The van der Waals surface area contributed by atoms with E-state index >= 15 is 0 Å². The molecule has 1 rings (SSSR count). The second-order valence-electron chi connectivity index (χ2n) is 5.22. The molecule has 0 aliphatic heterocycles. The summed E-state index contributed by atoms with van der Waals surface area (Å²) in [7, 11) is 0. The summed E-state index contributed by atoms with van der Waals surface area (Å²) in [6, 6.07) is 3.20. The molecule has 0 fully saturated rings. The van der Waals surface area contributed by atoms with Gasteiger partial charge in [0.05, 0.1) is 4.92 Å². The van der Waals surface area contributed by atoms with Gasteiger partial charge in [0, 0.05) is 6.07 Å². The van der Waals surface area contributed by atoms with Gasteiger partial charge in [-0.3, -0.25) is 14.9 Å². The summed E-state index contributed by atoms with van der Waals surface area (Å²) in [4.78, 5) is 33.7. The van der Waals surface area contributed by atoms with Crippen molar-refractivity contribution in [2.24, 2.45) is 5.92 Å². The van der Waals surface area contributed by atoms with Crippen molar-refractivity contribution in [1.29, 1.82) is 0 Å². The summed E-state index contributed by atoms with van der Waals surface area (Å²) >= 11 is 0. The maximum atomic E-state index is 12.2. The van der Waals surface area contributed by atoms with Gasteiger partial charge in [-0.1, -0.05) is 26.0 Å². The first-order chi connectivity index (χ1) is 9.73. The monoisotopic (exact) mass is 294 g/mol. The van der Waals surface area contributed by atoms with Crippen LogP contribution in [0.5, 0.6) is 0 Å². The van der Waals surface area contributed by atoms with Crippen molar-refractivity contribution >= 4 is 17.6 Å². The van der Waals surface area contributed by atoms with Crippen LogP contribution in [-0.2, 0) is 4.79 Å². The third-order valence-corrected chi connectivity index (χ3v) is 2.99. The van der Waals surface area contributed by atoms with E-state index < -0.39 is 22.8 Å². The third-order valence-electron chi connectivity index (χ3n) is 2.99. The van der Waals surface area contributed by atoms with Crippen LogP contribution in [0.2, 0.25) is 0 Å². The number of nitrogens with zero attached hydrogens (tertiary/aromatic N) is 1. The normalized spacial score (nSPS) is 12.0. The maximum absolute atomic E-state index is 12.2. The fraction of sp³-hybridized carbons (Fsp3) is 0.429. The summed E-state index contributed by atoms with van der Waals surface area (Å²) in [5, 5.41) is 22.5. The Morgan fingerprint density at radius 2 is 2.00 bits per heavy atom. The molecule has 21 heavy (non-hydrogen) atoms. The molecule has 0 radical (unpaired) electrons. The Balaban J connectivity index is 3.08. The average Bonchev–Trinajstić information content (AvgIpc) is 2.36. The minimum absolute atomic E-state index is 0.0678. The second kappa shape index (κ2) is 6.83. The number of carboxylic acids is 1. The molecule has 1 aromatic rings. The molecule has 7 heteroatoms. The van der Waals surface area contributed by atoms with Crippen molar-refractivity contribution < 1.29 is 19.6 Å². The molecule has 0 bridgehead atoms. The van der Waals surface area contributed by atoms with E-state index in [2.05, 4.69) is 5.32 Å². The number of benzene rings is 1. The maximum Gasteiger partial charge on any atom is 0.326 e. The first-order valence-corrected chi connectivity index (χ1v) is 6.51. The van der Waals surface area contributed by atoms with E-state index in [0.29, 0.717) is 5.56 Å². The molecule has 1 atom stereocenters. The topological polar surface area (TPSA) is 110 Å². The predicted octanol–water partition coefficient (Wildman–Crippen LogP) is 2.13. The summed E-state index contributed by atoms with van der Waals surface area (Å²) in [6.07, 6.45) is 0.251. The van der Waals surface area contributed by atoms with Gasteiger partial charge in [0.2, 0.25) is 0 Å². The molecule has 0 spiro atoms. The van der Waals surface area contributed by atoms with Crippen LogP contribution >= 0.6 is 0 Å². The number of rotatable bonds is 6. The van der Waals surface area contributed by atoms with Crippen LogP contribution < -0.4 is 5.32 Å². The van der Waals surface area contributed by atoms with Crippen molar-refractivity contribution in [2.75, 3.05) is 0 Å². The smallest absolute Gasteiger partial charge is 0.326 e. The molecule has 7 nitrogen and oxygen atoms in total. The van der Waals surface area contributed by atoms with Gasteiger partial charge in [-0.15, -0.1) is 0 Å². The third kappa shape index (κ3) is 4.27. The van der Waals surface area contributed by atoms with Gasteiger partial charge in [-0.2, -0.15) is 0 Å². The number of nitro groups is 1. The van der Waals surface area contributed by atoms with Crippen molar-refractivity contribution in [3.05, 3.63) is 39.4 Å². The Kier molecular flexibility index (Phi) is 5.40. The van der Waals surface area contributed by atoms with E-state index in [9.17, 15) is 19.7 Å². The molecule has 0 aliphatic rings. The molecule has 114 valence electrons. The number of nitrogens with one attached hydrogen (secondary N) is 1. The van der Waals surface area contributed by atoms with E-state index in [-0.39, 0.29) is 23.6 Å². The fourth-order valence-electron chi connectivity index (χ4n) is 2.02. The number of carbonyl (C=O) groups is 2. The van der Waals surface area contributed by atoms with Gasteiger partial charge in [-0.05, 0) is 24.8 Å². The average molecular weight is 294 g/mol. The number of hydrogen-bond acceptors (Lipinski definition) is 4. The van der Waals surface area contributed by atoms with Crippen molar-refractivity contribution in [1.82, 2.24) is 5.32 Å². The van der Waals surface area contributed by atoms with Crippen LogP contribution in [-0.4, -0.2) is 27.9 Å². The predicted molar refractivity (Wildman–Crippen MR) is 76.2 cm³/mol. The Labute approximate surface area is 122 Å². The molecule has 1 aromatic carbocycles. The number of nitro benzene ring substituents is 1. The van der Waals surface area contributed by atoms with E-state index in [4.69, 9.17) is 5.11 Å². The van der Waals surface area contributed by atoms with Gasteiger partial charge in [-0.25, -0.2) is 4.79 Å². The quantitative estimate of drug-likeness (QED) is 0.617. The number of aryl methyl sites for hydroxylation is 1. The van der Waals surface area contributed by atoms with Crippen molar-refractivity contribution in [2.45, 2.75) is 33.2 Å². The molecule has 0 aliphatic carbocycles. The highest BCUT2D eigenvalue weighted by atomic mass is 16.6. The Morgan fingerprint density at radius 3 is 2.48 bits per heavy atom. The summed E-state index contributed by atoms with van der Waals surface area (Å²) in [5.41, 5.74) is -0.00548. The lowest BCUT2D eigenvalue weighted by atomic mass is 10.0. The lowest BCUT2D eigenvalue weighted by Crippen LogP contribution is -2.42. The highest BCUT2D eigenvalue weighted by Crippen LogP contribution is 2.22. The fourth-order valence-corrected chi connectivity index (χ4v) is 2.02. The summed E-state index contributed by atoms with van der Waals surface area (Å²) < 4.78 is 0. The van der Waals surface area contributed by atoms with Crippen molar-refractivity contribution in [3.63, 3.8) is 0 Å². The molecule has 0 heterocycles. The lowest BCUT2D eigenvalue weighted by molar-refractivity contribution is -0.385. The number of amides is 1. The van der Waals surface area contributed by atoms with E-state index in [1.807, 2.05) is 13.8 Å². The highest BCUT2D eigenvalue weighted by Gasteiger charge is 2.27. The Morgan fingerprint density at radius 1 is 1.38 bits per heavy atom. The standard InChI is InChI=1S/C14H18N2O5/c1-8(2)7-10(14(18)19)15-13(17)12-9(3)5-4-6-11(12)16(20)21/h4-6,8,10H,7H2,1-3H3,(H,15,17)(H,18,19). The molecule has 0 saturated carbocycles. The molecular formula is C14H18N2O5.